The Labute approximate surface area is 120 Å². The summed E-state index contributed by atoms with van der Waals surface area (Å²) in [7, 11) is 0. The highest BCUT2D eigenvalue weighted by Crippen LogP contribution is 2.12. The fourth-order valence-corrected chi connectivity index (χ4v) is 1.65. The van der Waals surface area contributed by atoms with E-state index in [1.807, 2.05) is 12.1 Å². The van der Waals surface area contributed by atoms with E-state index in [2.05, 4.69) is 15.6 Å². The summed E-state index contributed by atoms with van der Waals surface area (Å²) in [5.74, 6) is 0. The first kappa shape index (κ1) is 13.6. The number of hydrazone groups is 1. The van der Waals surface area contributed by atoms with Gasteiger partial charge in [-0.2, -0.15) is 20.7 Å². The van der Waals surface area contributed by atoms with Crippen LogP contribution >= 0.6 is 11.6 Å². The third-order valence-electron chi connectivity index (χ3n) is 2.41. The molecule has 0 saturated heterocycles. The SMILES string of the molecule is N#CC(C#N)=NNc1ccc(Cn2cc(Cl)cn2)cc1. The Kier molecular flexibility index (Phi) is 4.33. The van der Waals surface area contributed by atoms with Crippen molar-refractivity contribution in [2.75, 3.05) is 5.43 Å². The number of anilines is 1. The lowest BCUT2D eigenvalue weighted by molar-refractivity contribution is 0.687. The van der Waals surface area contributed by atoms with E-state index in [1.165, 1.54) is 0 Å². The third kappa shape index (κ3) is 3.58. The molecule has 0 saturated carbocycles. The molecule has 2 aromatic rings. The van der Waals surface area contributed by atoms with E-state index < -0.39 is 0 Å². The number of aromatic nitrogens is 2. The summed E-state index contributed by atoms with van der Waals surface area (Å²) in [4.78, 5) is 0. The minimum absolute atomic E-state index is 0.222. The van der Waals surface area contributed by atoms with Crippen LogP contribution in [0, 0.1) is 22.7 Å². The molecule has 0 bridgehead atoms. The maximum absolute atomic E-state index is 8.55. The lowest BCUT2D eigenvalue weighted by atomic mass is 10.2. The summed E-state index contributed by atoms with van der Waals surface area (Å²) < 4.78 is 1.73. The Bertz CT molecular complexity index is 686. The first-order chi connectivity index (χ1) is 9.71. The van der Waals surface area contributed by atoms with Gasteiger partial charge < -0.3 is 0 Å². The second-order valence-electron chi connectivity index (χ2n) is 3.85. The molecule has 1 N–H and O–H groups in total. The summed E-state index contributed by atoms with van der Waals surface area (Å²) in [6, 6.07) is 10.7. The summed E-state index contributed by atoms with van der Waals surface area (Å²) >= 11 is 5.79. The van der Waals surface area contributed by atoms with E-state index in [4.69, 9.17) is 22.1 Å². The Morgan fingerprint density at radius 2 is 2.00 bits per heavy atom. The predicted octanol–water partition coefficient (Wildman–Crippen LogP) is 2.40. The average molecular weight is 285 g/mol. The van der Waals surface area contributed by atoms with Crippen molar-refractivity contribution in [3.05, 3.63) is 47.2 Å². The van der Waals surface area contributed by atoms with Crippen molar-refractivity contribution in [2.45, 2.75) is 6.54 Å². The van der Waals surface area contributed by atoms with E-state index in [0.717, 1.165) is 5.56 Å². The normalized spacial score (nSPS) is 9.35. The van der Waals surface area contributed by atoms with Crippen LogP contribution in [0.3, 0.4) is 0 Å². The molecule has 20 heavy (non-hydrogen) atoms. The molecule has 0 radical (unpaired) electrons. The number of benzene rings is 1. The van der Waals surface area contributed by atoms with Gasteiger partial charge >= 0.3 is 0 Å². The zero-order valence-electron chi connectivity index (χ0n) is 10.3. The van der Waals surface area contributed by atoms with Gasteiger partial charge in [0.1, 0.15) is 12.1 Å². The van der Waals surface area contributed by atoms with Crippen LogP contribution in [0.4, 0.5) is 5.69 Å². The molecule has 0 aliphatic carbocycles. The molecule has 6 nitrogen and oxygen atoms in total. The lowest BCUT2D eigenvalue weighted by Crippen LogP contribution is -2.00. The first-order valence-electron chi connectivity index (χ1n) is 5.62. The Morgan fingerprint density at radius 3 is 2.55 bits per heavy atom. The van der Waals surface area contributed by atoms with E-state index in [1.54, 1.807) is 41.3 Å². The highest BCUT2D eigenvalue weighted by Gasteiger charge is 1.99. The van der Waals surface area contributed by atoms with Gasteiger partial charge in [0.05, 0.1) is 23.5 Å². The number of hydrogen-bond donors (Lipinski definition) is 1. The smallest absolute Gasteiger partial charge is 0.237 e. The minimum Gasteiger partial charge on any atom is -0.277 e. The standard InChI is InChI=1S/C13H9ClN6/c14-11-7-17-20(9-11)8-10-1-3-12(4-2-10)18-19-13(5-15)6-16/h1-4,7,9,18H,8H2. The van der Waals surface area contributed by atoms with Gasteiger partial charge in [-0.05, 0) is 17.7 Å². The van der Waals surface area contributed by atoms with Crippen LogP contribution in [-0.2, 0) is 6.54 Å². The van der Waals surface area contributed by atoms with E-state index in [-0.39, 0.29) is 5.71 Å². The van der Waals surface area contributed by atoms with Gasteiger partial charge in [0.15, 0.2) is 0 Å². The zero-order chi connectivity index (χ0) is 14.4. The number of nitriles is 2. The van der Waals surface area contributed by atoms with E-state index >= 15 is 0 Å². The molecule has 0 spiro atoms. The summed E-state index contributed by atoms with van der Waals surface area (Å²) in [5.41, 5.74) is 4.15. The van der Waals surface area contributed by atoms with Crippen molar-refractivity contribution in [3.63, 3.8) is 0 Å². The maximum Gasteiger partial charge on any atom is 0.237 e. The van der Waals surface area contributed by atoms with Gasteiger partial charge in [0, 0.05) is 6.20 Å². The second-order valence-corrected chi connectivity index (χ2v) is 4.29. The maximum atomic E-state index is 8.55. The van der Waals surface area contributed by atoms with Crippen molar-refractivity contribution >= 4 is 23.0 Å². The van der Waals surface area contributed by atoms with Gasteiger partial charge in [-0.25, -0.2) is 0 Å². The van der Waals surface area contributed by atoms with Crippen molar-refractivity contribution in [1.29, 1.82) is 10.5 Å². The predicted molar refractivity (Wildman–Crippen MR) is 75.1 cm³/mol. The summed E-state index contributed by atoms with van der Waals surface area (Å²) in [6.07, 6.45) is 3.32. The van der Waals surface area contributed by atoms with Crippen LogP contribution in [0.1, 0.15) is 5.56 Å². The molecule has 98 valence electrons. The topological polar surface area (TPSA) is 89.8 Å². The summed E-state index contributed by atoms with van der Waals surface area (Å²) in [5, 5.41) is 25.4. The van der Waals surface area contributed by atoms with Crippen LogP contribution in [-0.4, -0.2) is 15.5 Å². The molecule has 1 heterocycles. The molecule has 0 aliphatic heterocycles. The van der Waals surface area contributed by atoms with Gasteiger partial charge in [-0.3, -0.25) is 10.1 Å². The van der Waals surface area contributed by atoms with Crippen molar-refractivity contribution in [2.24, 2.45) is 5.10 Å². The van der Waals surface area contributed by atoms with Crippen molar-refractivity contribution < 1.29 is 0 Å². The monoisotopic (exact) mass is 284 g/mol. The number of halogens is 1. The highest BCUT2D eigenvalue weighted by molar-refractivity contribution is 6.30. The number of hydrogen-bond acceptors (Lipinski definition) is 5. The van der Waals surface area contributed by atoms with Gasteiger partial charge in [0.2, 0.25) is 5.71 Å². The van der Waals surface area contributed by atoms with Crippen LogP contribution in [0.25, 0.3) is 0 Å². The molecular formula is C13H9ClN6. The molecule has 2 rings (SSSR count). The molecular weight excluding hydrogens is 276 g/mol. The summed E-state index contributed by atoms with van der Waals surface area (Å²) in [6.45, 7) is 0.609. The molecule has 0 amide bonds. The Morgan fingerprint density at radius 1 is 1.30 bits per heavy atom. The second kappa shape index (κ2) is 6.37. The fourth-order valence-electron chi connectivity index (χ4n) is 1.49. The lowest BCUT2D eigenvalue weighted by Gasteiger charge is -2.04. The van der Waals surface area contributed by atoms with Crippen LogP contribution in [0.15, 0.2) is 41.8 Å². The first-order valence-corrected chi connectivity index (χ1v) is 6.00. The minimum atomic E-state index is -0.222. The van der Waals surface area contributed by atoms with Crippen LogP contribution in [0.5, 0.6) is 0 Å². The van der Waals surface area contributed by atoms with Crippen LogP contribution in [0.2, 0.25) is 5.02 Å². The molecule has 0 aliphatic rings. The highest BCUT2D eigenvalue weighted by atomic mass is 35.5. The van der Waals surface area contributed by atoms with Gasteiger partial charge in [0.25, 0.3) is 0 Å². The molecule has 0 unspecified atom stereocenters. The van der Waals surface area contributed by atoms with Crippen molar-refractivity contribution in [3.8, 4) is 12.1 Å². The number of nitrogens with one attached hydrogen (secondary N) is 1. The number of rotatable bonds is 4. The molecule has 0 fully saturated rings. The molecule has 7 heteroatoms. The van der Waals surface area contributed by atoms with Gasteiger partial charge in [-0.15, -0.1) is 0 Å². The third-order valence-corrected chi connectivity index (χ3v) is 2.60. The number of nitrogens with zero attached hydrogens (tertiary/aromatic N) is 5. The van der Waals surface area contributed by atoms with Gasteiger partial charge in [-0.1, -0.05) is 23.7 Å². The average Bonchev–Trinajstić information content (AvgIpc) is 2.87. The van der Waals surface area contributed by atoms with E-state index in [9.17, 15) is 0 Å². The zero-order valence-corrected chi connectivity index (χ0v) is 11.0. The molecule has 0 atom stereocenters. The quantitative estimate of drug-likeness (QED) is 0.689. The van der Waals surface area contributed by atoms with E-state index in [0.29, 0.717) is 17.3 Å². The Hall–Kier alpha value is -2.83. The molecule has 1 aromatic heterocycles. The Balaban J connectivity index is 2.02. The molecule has 1 aromatic carbocycles. The fraction of sp³-hybridized carbons (Fsp3) is 0.0769. The van der Waals surface area contributed by atoms with Crippen LogP contribution < -0.4 is 5.43 Å². The van der Waals surface area contributed by atoms with Crippen molar-refractivity contribution in [1.82, 2.24) is 9.78 Å². The largest absolute Gasteiger partial charge is 0.277 e.